The van der Waals surface area contributed by atoms with Crippen molar-refractivity contribution in [3.63, 3.8) is 0 Å². The van der Waals surface area contributed by atoms with E-state index in [1.54, 1.807) is 12.1 Å². The van der Waals surface area contributed by atoms with Crippen LogP contribution in [0, 0.1) is 5.82 Å². The molecule has 3 atom stereocenters. The van der Waals surface area contributed by atoms with Crippen LogP contribution in [-0.4, -0.2) is 87.8 Å². The van der Waals surface area contributed by atoms with E-state index in [9.17, 15) is 14.0 Å². The predicted octanol–water partition coefficient (Wildman–Crippen LogP) is 1.20. The minimum Gasteiger partial charge on any atom is -0.497 e. The fraction of sp³-hybridized carbons (Fsp3) is 0.636. The van der Waals surface area contributed by atoms with E-state index in [1.165, 1.54) is 24.9 Å². The van der Waals surface area contributed by atoms with Crippen molar-refractivity contribution in [1.29, 1.82) is 0 Å². The van der Waals surface area contributed by atoms with Gasteiger partial charge in [-0.1, -0.05) is 6.07 Å². The number of rotatable bonds is 17. The Kier molecular flexibility index (Phi) is 14.1. The molecule has 10 nitrogen and oxygen atoms in total. The van der Waals surface area contributed by atoms with Gasteiger partial charge in [-0.15, -0.1) is 23.4 Å². The zero-order valence-corrected chi connectivity index (χ0v) is 21.3. The summed E-state index contributed by atoms with van der Waals surface area (Å²) in [4.78, 5) is 24.7. The Hall–Kier alpha value is -1.83. The fourth-order valence-corrected chi connectivity index (χ4v) is 4.59. The first kappa shape index (κ1) is 29.4. The van der Waals surface area contributed by atoms with E-state index in [4.69, 9.17) is 36.3 Å². The molecular weight excluding hydrogens is 503 g/mol. The molecule has 1 aliphatic rings. The Balaban J connectivity index is 1.83. The fourth-order valence-electron chi connectivity index (χ4n) is 3.04. The van der Waals surface area contributed by atoms with Crippen LogP contribution in [0.3, 0.4) is 0 Å². The lowest BCUT2D eigenvalue weighted by atomic mass is 10.2. The number of nitrogens with one attached hydrogen (secondary N) is 3. The third kappa shape index (κ3) is 11.2. The molecule has 0 bridgehead atoms. The monoisotopic (exact) mass is 536 g/mol. The molecule has 1 aromatic rings. The summed E-state index contributed by atoms with van der Waals surface area (Å²) in [6.45, 7) is 3.21. The molecule has 3 amide bonds. The first-order valence-electron chi connectivity index (χ1n) is 11.3. The highest BCUT2D eigenvalue weighted by Gasteiger charge is 2.32. The molecular formula is C22H34ClFN4O6S. The summed E-state index contributed by atoms with van der Waals surface area (Å²) in [7, 11) is 1.45. The standard InChI is InChI=1S/C22H34ClFN4O6S/c1-31-16-3-2-15(18(24)12-16)13-26-20(29)19(35-21-17(23)14-27-22(30)28-21)4-6-32-8-10-34-11-9-33-7-5-25/h2-3,12,17,19,21H,4-11,13-14,25H2,1H3,(H,26,29)(H2,27,28,30)/t17?,19-,21?/m1/s1. The Morgan fingerprint density at radius 3 is 2.57 bits per heavy atom. The van der Waals surface area contributed by atoms with Gasteiger partial charge in [-0.05, 0) is 12.5 Å². The number of hydrogen-bond donors (Lipinski definition) is 4. The average Bonchev–Trinajstić information content (AvgIpc) is 2.85. The maximum absolute atomic E-state index is 14.2. The van der Waals surface area contributed by atoms with Crippen molar-refractivity contribution in [3.8, 4) is 5.75 Å². The minimum absolute atomic E-state index is 0.00945. The maximum atomic E-state index is 14.2. The molecule has 0 aromatic heterocycles. The third-order valence-corrected chi connectivity index (χ3v) is 6.98. The number of amides is 3. The van der Waals surface area contributed by atoms with E-state index in [0.717, 1.165) is 0 Å². The van der Waals surface area contributed by atoms with E-state index in [2.05, 4.69) is 16.0 Å². The molecule has 1 aromatic carbocycles. The number of urea groups is 1. The summed E-state index contributed by atoms with van der Waals surface area (Å²) >= 11 is 7.57. The Morgan fingerprint density at radius 1 is 1.23 bits per heavy atom. The van der Waals surface area contributed by atoms with Gasteiger partial charge in [-0.25, -0.2) is 9.18 Å². The smallest absolute Gasteiger partial charge is 0.315 e. The normalized spacial score (nSPS) is 18.5. The molecule has 0 aliphatic carbocycles. The average molecular weight is 537 g/mol. The predicted molar refractivity (Wildman–Crippen MR) is 132 cm³/mol. The van der Waals surface area contributed by atoms with Crippen molar-refractivity contribution >= 4 is 35.3 Å². The Bertz CT molecular complexity index is 796. The van der Waals surface area contributed by atoms with Crippen LogP contribution in [0.1, 0.15) is 12.0 Å². The zero-order chi connectivity index (χ0) is 25.5. The van der Waals surface area contributed by atoms with E-state index in [1.807, 2.05) is 0 Å². The number of alkyl halides is 1. The van der Waals surface area contributed by atoms with Gasteiger partial charge in [0.05, 0.1) is 56.1 Å². The number of nitrogens with two attached hydrogens (primary N) is 1. The molecule has 2 unspecified atom stereocenters. The molecule has 13 heteroatoms. The number of methoxy groups -OCH3 is 1. The molecule has 1 saturated heterocycles. The van der Waals surface area contributed by atoms with E-state index >= 15 is 0 Å². The van der Waals surface area contributed by atoms with Crippen LogP contribution in [0.4, 0.5) is 9.18 Å². The number of thioether (sulfide) groups is 1. The van der Waals surface area contributed by atoms with Gasteiger partial charge in [0.2, 0.25) is 5.91 Å². The highest BCUT2D eigenvalue weighted by molar-refractivity contribution is 8.01. The second-order valence-electron chi connectivity index (χ2n) is 7.51. The van der Waals surface area contributed by atoms with Gasteiger partial charge in [0.1, 0.15) is 11.6 Å². The highest BCUT2D eigenvalue weighted by atomic mass is 35.5. The van der Waals surface area contributed by atoms with Gasteiger partial charge >= 0.3 is 6.03 Å². The molecule has 1 fully saturated rings. The topological polar surface area (TPSA) is 133 Å². The lowest BCUT2D eigenvalue weighted by molar-refractivity contribution is -0.121. The second kappa shape index (κ2) is 16.8. The van der Waals surface area contributed by atoms with Crippen LogP contribution in [-0.2, 0) is 25.5 Å². The number of ether oxygens (including phenoxy) is 4. The van der Waals surface area contributed by atoms with Crippen molar-refractivity contribution in [2.24, 2.45) is 5.73 Å². The van der Waals surface area contributed by atoms with Crippen LogP contribution < -0.4 is 26.4 Å². The molecule has 198 valence electrons. The van der Waals surface area contributed by atoms with Crippen LogP contribution in [0.5, 0.6) is 5.75 Å². The number of carbonyl (C=O) groups is 2. The van der Waals surface area contributed by atoms with E-state index < -0.39 is 21.8 Å². The van der Waals surface area contributed by atoms with Gasteiger partial charge < -0.3 is 40.6 Å². The molecule has 2 rings (SSSR count). The first-order chi connectivity index (χ1) is 16.9. The number of halogens is 2. The summed E-state index contributed by atoms with van der Waals surface area (Å²) in [5.74, 6) is -0.388. The van der Waals surface area contributed by atoms with Crippen molar-refractivity contribution in [2.45, 2.75) is 29.0 Å². The molecule has 5 N–H and O–H groups in total. The SMILES string of the molecule is COc1ccc(CNC(=O)[C@@H](CCOCCOCCOCCN)SC2NC(=O)NCC2Cl)c(F)c1. The van der Waals surface area contributed by atoms with Crippen LogP contribution in [0.25, 0.3) is 0 Å². The van der Waals surface area contributed by atoms with E-state index in [-0.39, 0.29) is 18.5 Å². The summed E-state index contributed by atoms with van der Waals surface area (Å²) < 4.78 is 35.5. The molecule has 1 heterocycles. The molecule has 1 aliphatic heterocycles. The Labute approximate surface area is 214 Å². The summed E-state index contributed by atoms with van der Waals surface area (Å²) in [5, 5.41) is 6.67. The van der Waals surface area contributed by atoms with Crippen molar-refractivity contribution < 1.29 is 32.9 Å². The minimum atomic E-state index is -0.577. The lowest BCUT2D eigenvalue weighted by Crippen LogP contribution is -2.55. The lowest BCUT2D eigenvalue weighted by Gasteiger charge is -2.31. The van der Waals surface area contributed by atoms with Gasteiger partial charge in [-0.3, -0.25) is 4.79 Å². The number of benzene rings is 1. The summed E-state index contributed by atoms with van der Waals surface area (Å²) in [5.41, 5.74) is 5.67. The number of hydrogen-bond acceptors (Lipinski definition) is 8. The van der Waals surface area contributed by atoms with Gasteiger partial charge in [-0.2, -0.15) is 0 Å². The Morgan fingerprint density at radius 2 is 1.91 bits per heavy atom. The summed E-state index contributed by atoms with van der Waals surface area (Å²) in [6, 6.07) is 4.10. The zero-order valence-electron chi connectivity index (χ0n) is 19.7. The number of carbonyl (C=O) groups excluding carboxylic acids is 2. The van der Waals surface area contributed by atoms with Crippen LogP contribution in [0.2, 0.25) is 0 Å². The van der Waals surface area contributed by atoms with Gasteiger partial charge in [0.25, 0.3) is 0 Å². The highest BCUT2D eigenvalue weighted by Crippen LogP contribution is 2.26. The summed E-state index contributed by atoms with van der Waals surface area (Å²) in [6.07, 6.45) is 0.366. The van der Waals surface area contributed by atoms with Gasteiger partial charge in [0, 0.05) is 37.9 Å². The van der Waals surface area contributed by atoms with Crippen LogP contribution in [0.15, 0.2) is 18.2 Å². The molecule has 0 saturated carbocycles. The van der Waals surface area contributed by atoms with Crippen molar-refractivity contribution in [1.82, 2.24) is 16.0 Å². The van der Waals surface area contributed by atoms with Crippen molar-refractivity contribution in [2.75, 3.05) is 59.8 Å². The molecule has 0 spiro atoms. The molecule has 0 radical (unpaired) electrons. The first-order valence-corrected chi connectivity index (χ1v) is 12.7. The van der Waals surface area contributed by atoms with Gasteiger partial charge in [0.15, 0.2) is 0 Å². The van der Waals surface area contributed by atoms with Crippen molar-refractivity contribution in [3.05, 3.63) is 29.6 Å². The van der Waals surface area contributed by atoms with Crippen LogP contribution >= 0.6 is 23.4 Å². The quantitative estimate of drug-likeness (QED) is 0.172. The molecule has 35 heavy (non-hydrogen) atoms. The van der Waals surface area contributed by atoms with E-state index in [0.29, 0.717) is 70.5 Å². The third-order valence-electron chi connectivity index (χ3n) is 4.91. The second-order valence-corrected chi connectivity index (χ2v) is 9.41. The maximum Gasteiger partial charge on any atom is 0.315 e. The largest absolute Gasteiger partial charge is 0.497 e.